The summed E-state index contributed by atoms with van der Waals surface area (Å²) >= 11 is 3.50. The van der Waals surface area contributed by atoms with Crippen LogP contribution >= 0.6 is 15.9 Å². The highest BCUT2D eigenvalue weighted by Crippen LogP contribution is 2.06. The Labute approximate surface area is 83.2 Å². The van der Waals surface area contributed by atoms with Gasteiger partial charge in [0.2, 0.25) is 5.91 Å². The molecule has 0 fully saturated rings. The minimum absolute atomic E-state index is 0.0892. The SMILES string of the molecule is CCCC(Br)CNC(=O)C(C)C. The Morgan fingerprint density at radius 2 is 2.08 bits per heavy atom. The third-order valence-electron chi connectivity index (χ3n) is 1.62. The molecule has 0 radical (unpaired) electrons. The van der Waals surface area contributed by atoms with E-state index in [2.05, 4.69) is 28.2 Å². The molecule has 1 amide bonds. The van der Waals surface area contributed by atoms with Crippen LogP contribution in [0, 0.1) is 5.92 Å². The molecule has 0 aromatic rings. The second-order valence-corrected chi connectivity index (χ2v) is 4.58. The maximum Gasteiger partial charge on any atom is 0.222 e. The van der Waals surface area contributed by atoms with Crippen molar-refractivity contribution in [3.05, 3.63) is 0 Å². The molecule has 1 N–H and O–H groups in total. The summed E-state index contributed by atoms with van der Waals surface area (Å²) in [5.41, 5.74) is 0. The predicted molar refractivity (Wildman–Crippen MR) is 55.5 cm³/mol. The van der Waals surface area contributed by atoms with E-state index in [4.69, 9.17) is 0 Å². The maximum atomic E-state index is 11.1. The standard InChI is InChI=1S/C9H18BrNO/c1-4-5-8(10)6-11-9(12)7(2)3/h7-8H,4-6H2,1-3H3,(H,11,12). The highest BCUT2D eigenvalue weighted by molar-refractivity contribution is 9.09. The molecule has 0 aromatic carbocycles. The minimum atomic E-state index is 0.0892. The molecule has 1 unspecified atom stereocenters. The van der Waals surface area contributed by atoms with E-state index in [1.165, 1.54) is 0 Å². The normalized spacial score (nSPS) is 13.1. The molecule has 3 heteroatoms. The average Bonchev–Trinajstić information content (AvgIpc) is 2.00. The van der Waals surface area contributed by atoms with Crippen molar-refractivity contribution in [2.45, 2.75) is 38.4 Å². The van der Waals surface area contributed by atoms with Gasteiger partial charge in [0.15, 0.2) is 0 Å². The molecule has 12 heavy (non-hydrogen) atoms. The highest BCUT2D eigenvalue weighted by atomic mass is 79.9. The number of nitrogens with one attached hydrogen (secondary N) is 1. The Morgan fingerprint density at radius 1 is 1.50 bits per heavy atom. The van der Waals surface area contributed by atoms with Crippen molar-refractivity contribution in [2.75, 3.05) is 6.54 Å². The quantitative estimate of drug-likeness (QED) is 0.729. The molecule has 0 saturated carbocycles. The van der Waals surface area contributed by atoms with Crippen LogP contribution in [0.2, 0.25) is 0 Å². The van der Waals surface area contributed by atoms with E-state index in [9.17, 15) is 4.79 Å². The second-order valence-electron chi connectivity index (χ2n) is 3.29. The molecule has 0 aromatic heterocycles. The summed E-state index contributed by atoms with van der Waals surface area (Å²) < 4.78 is 0. The van der Waals surface area contributed by atoms with Gasteiger partial charge in [-0.2, -0.15) is 0 Å². The number of hydrogen-bond donors (Lipinski definition) is 1. The summed E-state index contributed by atoms with van der Waals surface area (Å²) in [6.45, 7) is 6.68. The predicted octanol–water partition coefficient (Wildman–Crippen LogP) is 2.32. The number of hydrogen-bond acceptors (Lipinski definition) is 1. The van der Waals surface area contributed by atoms with Crippen LogP contribution in [0.5, 0.6) is 0 Å². The lowest BCUT2D eigenvalue weighted by atomic mass is 10.2. The Morgan fingerprint density at radius 3 is 2.50 bits per heavy atom. The molecule has 0 bridgehead atoms. The maximum absolute atomic E-state index is 11.1. The summed E-state index contributed by atoms with van der Waals surface area (Å²) in [6, 6.07) is 0. The van der Waals surface area contributed by atoms with Crippen LogP contribution < -0.4 is 5.32 Å². The summed E-state index contributed by atoms with van der Waals surface area (Å²) in [5.74, 6) is 0.224. The molecule has 2 nitrogen and oxygen atoms in total. The van der Waals surface area contributed by atoms with E-state index in [1.54, 1.807) is 0 Å². The number of amides is 1. The molecule has 0 aliphatic carbocycles. The summed E-state index contributed by atoms with van der Waals surface area (Å²) in [7, 11) is 0. The first kappa shape index (κ1) is 11.9. The number of carbonyl (C=O) groups excluding carboxylic acids is 1. The van der Waals surface area contributed by atoms with Crippen LogP contribution in [0.3, 0.4) is 0 Å². The molecule has 0 heterocycles. The van der Waals surface area contributed by atoms with E-state index in [1.807, 2.05) is 13.8 Å². The third kappa shape index (κ3) is 5.58. The number of carbonyl (C=O) groups is 1. The first-order chi connectivity index (χ1) is 5.57. The Bertz CT molecular complexity index is 136. The van der Waals surface area contributed by atoms with Gasteiger partial charge < -0.3 is 5.32 Å². The van der Waals surface area contributed by atoms with Gasteiger partial charge in [-0.3, -0.25) is 4.79 Å². The first-order valence-corrected chi connectivity index (χ1v) is 5.41. The van der Waals surface area contributed by atoms with Crippen molar-refractivity contribution in [3.8, 4) is 0 Å². The second kappa shape index (κ2) is 6.46. The van der Waals surface area contributed by atoms with Gasteiger partial charge in [-0.25, -0.2) is 0 Å². The number of rotatable bonds is 5. The van der Waals surface area contributed by atoms with E-state index >= 15 is 0 Å². The molecule has 0 aliphatic heterocycles. The number of alkyl halides is 1. The van der Waals surface area contributed by atoms with Gasteiger partial charge >= 0.3 is 0 Å². The molecular formula is C9H18BrNO. The minimum Gasteiger partial charge on any atom is -0.355 e. The topological polar surface area (TPSA) is 29.1 Å². The molecule has 1 atom stereocenters. The van der Waals surface area contributed by atoms with E-state index in [0.717, 1.165) is 19.4 Å². The van der Waals surface area contributed by atoms with E-state index in [-0.39, 0.29) is 11.8 Å². The van der Waals surface area contributed by atoms with Gasteiger partial charge in [-0.05, 0) is 6.42 Å². The van der Waals surface area contributed by atoms with Crippen molar-refractivity contribution in [1.82, 2.24) is 5.32 Å². The lowest BCUT2D eigenvalue weighted by Crippen LogP contribution is -2.32. The van der Waals surface area contributed by atoms with Crippen molar-refractivity contribution >= 4 is 21.8 Å². The first-order valence-electron chi connectivity index (χ1n) is 4.49. The molecule has 0 aliphatic rings. The summed E-state index contributed by atoms with van der Waals surface area (Å²) in [5, 5.41) is 2.88. The zero-order valence-electron chi connectivity index (χ0n) is 8.06. The van der Waals surface area contributed by atoms with Crippen molar-refractivity contribution in [2.24, 2.45) is 5.92 Å². The largest absolute Gasteiger partial charge is 0.355 e. The average molecular weight is 236 g/mol. The van der Waals surface area contributed by atoms with Gasteiger partial charge in [0.05, 0.1) is 0 Å². The zero-order valence-corrected chi connectivity index (χ0v) is 9.65. The Kier molecular flexibility index (Phi) is 6.44. The fourth-order valence-electron chi connectivity index (χ4n) is 0.831. The third-order valence-corrected chi connectivity index (χ3v) is 2.41. The number of halogens is 1. The molecule has 0 spiro atoms. The molecular weight excluding hydrogens is 218 g/mol. The molecule has 72 valence electrons. The van der Waals surface area contributed by atoms with Crippen LogP contribution in [0.25, 0.3) is 0 Å². The monoisotopic (exact) mass is 235 g/mol. The van der Waals surface area contributed by atoms with Crippen LogP contribution in [0.15, 0.2) is 0 Å². The highest BCUT2D eigenvalue weighted by Gasteiger charge is 2.08. The summed E-state index contributed by atoms with van der Waals surface area (Å²) in [4.78, 5) is 11.5. The fourth-order valence-corrected chi connectivity index (χ4v) is 1.45. The van der Waals surface area contributed by atoms with Gasteiger partial charge in [-0.15, -0.1) is 0 Å². The van der Waals surface area contributed by atoms with E-state index < -0.39 is 0 Å². The zero-order chi connectivity index (χ0) is 9.56. The van der Waals surface area contributed by atoms with Crippen molar-refractivity contribution < 1.29 is 4.79 Å². The van der Waals surface area contributed by atoms with Crippen LogP contribution in [-0.2, 0) is 4.79 Å². The fraction of sp³-hybridized carbons (Fsp3) is 0.889. The van der Waals surface area contributed by atoms with Crippen LogP contribution in [0.1, 0.15) is 33.6 Å². The summed E-state index contributed by atoms with van der Waals surface area (Å²) in [6.07, 6.45) is 2.26. The molecule has 0 rings (SSSR count). The Hall–Kier alpha value is -0.0500. The van der Waals surface area contributed by atoms with Gasteiger partial charge in [0.25, 0.3) is 0 Å². The lowest BCUT2D eigenvalue weighted by Gasteiger charge is -2.11. The van der Waals surface area contributed by atoms with Crippen molar-refractivity contribution in [3.63, 3.8) is 0 Å². The smallest absolute Gasteiger partial charge is 0.222 e. The van der Waals surface area contributed by atoms with Gasteiger partial charge in [0, 0.05) is 17.3 Å². The van der Waals surface area contributed by atoms with Crippen LogP contribution in [-0.4, -0.2) is 17.3 Å². The van der Waals surface area contributed by atoms with Gasteiger partial charge in [-0.1, -0.05) is 43.1 Å². The molecule has 0 saturated heterocycles. The van der Waals surface area contributed by atoms with Crippen LogP contribution in [0.4, 0.5) is 0 Å². The lowest BCUT2D eigenvalue weighted by molar-refractivity contribution is -0.123. The van der Waals surface area contributed by atoms with Gasteiger partial charge in [0.1, 0.15) is 0 Å². The van der Waals surface area contributed by atoms with Crippen molar-refractivity contribution in [1.29, 1.82) is 0 Å². The van der Waals surface area contributed by atoms with E-state index in [0.29, 0.717) is 4.83 Å². The Balaban J connectivity index is 3.47.